The van der Waals surface area contributed by atoms with Crippen LogP contribution in [-0.4, -0.2) is 51.6 Å². The highest BCUT2D eigenvalue weighted by Gasteiger charge is 2.20. The Morgan fingerprint density at radius 2 is 1.30 bits per heavy atom. The van der Waals surface area contributed by atoms with Crippen molar-refractivity contribution in [1.82, 2.24) is 0 Å². The first kappa shape index (κ1) is 33.1. The third kappa shape index (κ3) is 8.44. The third-order valence-corrected chi connectivity index (χ3v) is 5.99. The van der Waals surface area contributed by atoms with Crippen molar-refractivity contribution < 1.29 is 28.6 Å². The van der Waals surface area contributed by atoms with Crippen LogP contribution in [0.15, 0.2) is 47.5 Å². The Hall–Kier alpha value is -6.11. The number of methoxy groups -OCH3 is 1. The number of hydrogen-bond donors (Lipinski definition) is 0. The molecule has 2 aromatic carbocycles. The van der Waals surface area contributed by atoms with Crippen LogP contribution in [0.3, 0.4) is 0 Å². The summed E-state index contributed by atoms with van der Waals surface area (Å²) in [6.45, 7) is 5.70. The summed E-state index contributed by atoms with van der Waals surface area (Å²) in [4.78, 5) is 39.8. The molecular weight excluding hydrogens is 552 g/mol. The molecular formula is C31H28N6O6. The first-order valence-corrected chi connectivity index (χ1v) is 13.0. The molecule has 0 fully saturated rings. The van der Waals surface area contributed by atoms with Gasteiger partial charge >= 0.3 is 18.0 Å². The zero-order valence-corrected chi connectivity index (χ0v) is 24.1. The van der Waals surface area contributed by atoms with Gasteiger partial charge in [-0.2, -0.15) is 21.0 Å². The van der Waals surface area contributed by atoms with Crippen LogP contribution < -0.4 is 9.80 Å². The summed E-state index contributed by atoms with van der Waals surface area (Å²) in [5.74, 6) is -1.63. The van der Waals surface area contributed by atoms with E-state index < -0.39 is 18.0 Å². The normalized spacial score (nSPS) is 10.7. The summed E-state index contributed by atoms with van der Waals surface area (Å²) in [6, 6.07) is 16.8. The van der Waals surface area contributed by atoms with Gasteiger partial charge in [0.05, 0.1) is 37.0 Å². The number of rotatable bonds is 11. The summed E-state index contributed by atoms with van der Waals surface area (Å²) in [5.41, 5.74) is 1.35. The van der Waals surface area contributed by atoms with Crippen molar-refractivity contribution in [2.24, 2.45) is 0 Å². The molecule has 0 aromatic heterocycles. The van der Waals surface area contributed by atoms with Crippen molar-refractivity contribution in [3.8, 4) is 24.3 Å². The quantitative estimate of drug-likeness (QED) is 0.121. The predicted octanol–water partition coefficient (Wildman–Crippen LogP) is 4.43. The van der Waals surface area contributed by atoms with Gasteiger partial charge in [0.25, 0.3) is 0 Å². The van der Waals surface area contributed by atoms with Crippen LogP contribution >= 0.6 is 0 Å². The van der Waals surface area contributed by atoms with E-state index in [1.165, 1.54) is 29.2 Å². The maximum Gasteiger partial charge on any atom is 0.416 e. The second-order valence-corrected chi connectivity index (χ2v) is 8.46. The van der Waals surface area contributed by atoms with Gasteiger partial charge < -0.3 is 19.1 Å². The highest BCUT2D eigenvalue weighted by molar-refractivity contribution is 5.99. The zero-order valence-electron chi connectivity index (χ0n) is 24.1. The average molecular weight is 581 g/mol. The Kier molecular flexibility index (Phi) is 12.5. The van der Waals surface area contributed by atoms with Crippen LogP contribution in [0, 0.1) is 45.3 Å². The first-order chi connectivity index (χ1) is 20.7. The molecule has 0 saturated heterocycles. The minimum absolute atomic E-state index is 0.0906. The molecule has 0 N–H and O–H groups in total. The van der Waals surface area contributed by atoms with E-state index in [1.807, 2.05) is 19.1 Å². The number of carbonyl (C=O) groups excluding carboxylic acids is 3. The van der Waals surface area contributed by atoms with Gasteiger partial charge in [0.2, 0.25) is 0 Å². The van der Waals surface area contributed by atoms with E-state index in [4.69, 9.17) is 9.47 Å². The molecule has 0 unspecified atom stereocenters. The van der Waals surface area contributed by atoms with Crippen LogP contribution in [0.1, 0.15) is 43.0 Å². The van der Waals surface area contributed by atoms with Crippen molar-refractivity contribution in [2.75, 3.05) is 43.3 Å². The lowest BCUT2D eigenvalue weighted by Crippen LogP contribution is -2.35. The van der Waals surface area contributed by atoms with Crippen LogP contribution in [0.5, 0.6) is 0 Å². The molecule has 0 aliphatic carbocycles. The maximum atomic E-state index is 13.1. The number of nitrogens with zero attached hydrogens (tertiary/aromatic N) is 6. The lowest BCUT2D eigenvalue weighted by Gasteiger charge is -2.26. The monoisotopic (exact) mass is 580 g/mol. The molecule has 0 spiro atoms. The average Bonchev–Trinajstić information content (AvgIpc) is 3.03. The SMILES string of the molecule is CCOC(=O)/C(C#N)=C/c1ccc(N(CC)C(=O)OCN(CC)c2ccc(/C=C(\C#N)C(=O)OC)c(C#N)c2)cc1C#N. The van der Waals surface area contributed by atoms with Crippen molar-refractivity contribution in [2.45, 2.75) is 20.8 Å². The molecule has 2 aromatic rings. The predicted molar refractivity (Wildman–Crippen MR) is 156 cm³/mol. The molecule has 218 valence electrons. The number of nitriles is 4. The molecule has 0 aliphatic heterocycles. The second kappa shape index (κ2) is 16.2. The molecule has 1 amide bonds. The lowest BCUT2D eigenvalue weighted by atomic mass is 10.0. The van der Waals surface area contributed by atoms with E-state index in [0.717, 1.165) is 7.11 Å². The van der Waals surface area contributed by atoms with Crippen molar-refractivity contribution in [1.29, 1.82) is 21.0 Å². The van der Waals surface area contributed by atoms with Gasteiger partial charge in [-0.25, -0.2) is 14.4 Å². The number of carbonyl (C=O) groups is 3. The number of esters is 2. The standard InChI is InChI=1S/C31H28N6O6/c1-5-36(27-10-8-21(23(14-27)16-32)12-25(18-34)29(38)41-4)20-43-31(40)37(6-2)28-11-9-22(24(15-28)17-33)13-26(19-35)30(39)42-7-3/h8-15H,5-7,20H2,1-4H3/b25-12+,26-13+. The smallest absolute Gasteiger partial charge is 0.416 e. The van der Waals surface area contributed by atoms with E-state index in [2.05, 4.69) is 4.74 Å². The second-order valence-electron chi connectivity index (χ2n) is 8.46. The Morgan fingerprint density at radius 3 is 1.77 bits per heavy atom. The van der Waals surface area contributed by atoms with E-state index >= 15 is 0 Å². The number of benzene rings is 2. The highest BCUT2D eigenvalue weighted by atomic mass is 16.6. The van der Waals surface area contributed by atoms with Crippen LogP contribution in [0.25, 0.3) is 12.2 Å². The van der Waals surface area contributed by atoms with Crippen molar-refractivity contribution in [3.63, 3.8) is 0 Å². The fourth-order valence-electron chi connectivity index (χ4n) is 3.78. The largest absolute Gasteiger partial charge is 0.465 e. The van der Waals surface area contributed by atoms with E-state index in [-0.39, 0.29) is 42.2 Å². The van der Waals surface area contributed by atoms with Crippen molar-refractivity contribution >= 4 is 41.6 Å². The molecule has 0 aliphatic rings. The Morgan fingerprint density at radius 1 is 0.767 bits per heavy atom. The minimum Gasteiger partial charge on any atom is -0.465 e. The minimum atomic E-state index is -0.824. The molecule has 0 heterocycles. The maximum absolute atomic E-state index is 13.1. The van der Waals surface area contributed by atoms with Gasteiger partial charge in [-0.15, -0.1) is 0 Å². The van der Waals surface area contributed by atoms with Crippen LogP contribution in [0.2, 0.25) is 0 Å². The number of amides is 1. The molecule has 12 nitrogen and oxygen atoms in total. The van der Waals surface area contributed by atoms with Gasteiger partial charge in [0, 0.05) is 24.5 Å². The summed E-state index contributed by atoms with van der Waals surface area (Å²) >= 11 is 0. The fraction of sp³-hybridized carbons (Fsp3) is 0.258. The Labute approximate surface area is 249 Å². The van der Waals surface area contributed by atoms with Crippen molar-refractivity contribution in [3.05, 3.63) is 69.8 Å². The Balaban J connectivity index is 2.28. The van der Waals surface area contributed by atoms with Crippen LogP contribution in [-0.2, 0) is 23.8 Å². The summed E-state index contributed by atoms with van der Waals surface area (Å²) < 4.78 is 15.0. The molecule has 0 saturated carbocycles. The summed E-state index contributed by atoms with van der Waals surface area (Å²) in [5, 5.41) is 37.8. The molecule has 0 radical (unpaired) electrons. The van der Waals surface area contributed by atoms with Gasteiger partial charge in [-0.05, 0) is 68.3 Å². The topological polar surface area (TPSA) is 181 Å². The zero-order chi connectivity index (χ0) is 31.9. The van der Waals surface area contributed by atoms with Crippen LogP contribution in [0.4, 0.5) is 16.2 Å². The molecule has 0 bridgehead atoms. The molecule has 0 atom stereocenters. The van der Waals surface area contributed by atoms with Gasteiger partial charge in [0.1, 0.15) is 23.3 Å². The van der Waals surface area contributed by atoms with E-state index in [9.17, 15) is 35.4 Å². The highest BCUT2D eigenvalue weighted by Crippen LogP contribution is 2.24. The summed E-state index contributed by atoms with van der Waals surface area (Å²) in [6.07, 6.45) is 1.81. The van der Waals surface area contributed by atoms with Gasteiger partial charge in [-0.3, -0.25) is 4.90 Å². The number of hydrogen-bond acceptors (Lipinski definition) is 11. The number of anilines is 2. The van der Waals surface area contributed by atoms with E-state index in [1.54, 1.807) is 55.2 Å². The van der Waals surface area contributed by atoms with Gasteiger partial charge in [0.15, 0.2) is 6.73 Å². The Bertz CT molecular complexity index is 1620. The van der Waals surface area contributed by atoms with E-state index in [0.29, 0.717) is 29.0 Å². The molecule has 12 heteroatoms. The first-order valence-electron chi connectivity index (χ1n) is 13.0. The fourth-order valence-corrected chi connectivity index (χ4v) is 3.78. The number of ether oxygens (including phenoxy) is 3. The lowest BCUT2D eigenvalue weighted by molar-refractivity contribution is -0.138. The van der Waals surface area contributed by atoms with Gasteiger partial charge in [-0.1, -0.05) is 12.1 Å². The summed E-state index contributed by atoms with van der Waals surface area (Å²) in [7, 11) is 1.15. The third-order valence-electron chi connectivity index (χ3n) is 5.99. The molecule has 43 heavy (non-hydrogen) atoms. The molecule has 2 rings (SSSR count).